The highest BCUT2D eigenvalue weighted by molar-refractivity contribution is 5.44. The van der Waals surface area contributed by atoms with Gasteiger partial charge in [0.1, 0.15) is 12.4 Å². The summed E-state index contributed by atoms with van der Waals surface area (Å²) in [6.45, 7) is 2.27. The van der Waals surface area contributed by atoms with Crippen LogP contribution < -0.4 is 4.74 Å². The normalized spacial score (nSPS) is 12.2. The van der Waals surface area contributed by atoms with Crippen LogP contribution in [0.5, 0.6) is 5.75 Å². The van der Waals surface area contributed by atoms with Gasteiger partial charge >= 0.3 is 0 Å². The first-order valence-corrected chi connectivity index (χ1v) is 5.14. The molecule has 0 aliphatic rings. The zero-order valence-electron chi connectivity index (χ0n) is 9.75. The highest BCUT2D eigenvalue weighted by Crippen LogP contribution is 2.29. The molecular weight excluding hydrogens is 226 g/mol. The summed E-state index contributed by atoms with van der Waals surface area (Å²) in [5.41, 5.74) is 0.329. The maximum Gasteiger partial charge on any atom is 0.270 e. The number of ether oxygens (including phenoxy) is 2. The van der Waals surface area contributed by atoms with Gasteiger partial charge in [-0.15, -0.1) is 0 Å². The number of nitrogens with zero attached hydrogens (tertiary/aromatic N) is 1. The molecule has 0 saturated carbocycles. The van der Waals surface area contributed by atoms with Crippen LogP contribution in [0, 0.1) is 10.1 Å². The van der Waals surface area contributed by atoms with Crippen LogP contribution in [0.2, 0.25) is 0 Å². The third-order valence-corrected chi connectivity index (χ3v) is 2.20. The van der Waals surface area contributed by atoms with Crippen LogP contribution in [0.4, 0.5) is 5.69 Å². The second kappa shape index (κ2) is 6.17. The molecule has 0 aromatic heterocycles. The van der Waals surface area contributed by atoms with Crippen LogP contribution in [0.25, 0.3) is 0 Å². The Morgan fingerprint density at radius 1 is 1.47 bits per heavy atom. The Morgan fingerprint density at radius 3 is 2.71 bits per heavy atom. The topological polar surface area (TPSA) is 81.8 Å². The molecule has 6 nitrogen and oxygen atoms in total. The molecule has 1 N–H and O–H groups in total. The van der Waals surface area contributed by atoms with Crippen molar-refractivity contribution in [1.29, 1.82) is 0 Å². The number of benzene rings is 1. The van der Waals surface area contributed by atoms with E-state index in [1.165, 1.54) is 25.1 Å². The van der Waals surface area contributed by atoms with Crippen molar-refractivity contribution in [3.63, 3.8) is 0 Å². The molecule has 0 heterocycles. The van der Waals surface area contributed by atoms with Gasteiger partial charge in [-0.05, 0) is 13.0 Å². The number of nitro benzene ring substituents is 1. The van der Waals surface area contributed by atoms with Crippen molar-refractivity contribution in [2.75, 3.05) is 20.3 Å². The van der Waals surface area contributed by atoms with Gasteiger partial charge in [-0.3, -0.25) is 10.1 Å². The van der Waals surface area contributed by atoms with E-state index in [1.54, 1.807) is 7.11 Å². The van der Waals surface area contributed by atoms with Crippen LogP contribution in [-0.2, 0) is 4.74 Å². The molecular formula is C11H15NO5. The minimum Gasteiger partial charge on any atom is -0.491 e. The Kier molecular flexibility index (Phi) is 4.86. The first kappa shape index (κ1) is 13.4. The van der Waals surface area contributed by atoms with E-state index >= 15 is 0 Å². The average Bonchev–Trinajstić information content (AvgIpc) is 2.29. The summed E-state index contributed by atoms with van der Waals surface area (Å²) in [5, 5.41) is 20.1. The SMILES string of the molecule is COCCOc1ccc([N+](=O)[O-])cc1[C@@H](C)O. The second-order valence-corrected chi connectivity index (χ2v) is 3.50. The molecule has 0 amide bonds. The molecule has 0 saturated heterocycles. The smallest absolute Gasteiger partial charge is 0.270 e. The monoisotopic (exact) mass is 241 g/mol. The van der Waals surface area contributed by atoms with Crippen LogP contribution in [0.15, 0.2) is 18.2 Å². The van der Waals surface area contributed by atoms with Gasteiger partial charge in [-0.25, -0.2) is 0 Å². The molecule has 0 aliphatic heterocycles. The van der Waals surface area contributed by atoms with E-state index < -0.39 is 11.0 Å². The molecule has 0 unspecified atom stereocenters. The van der Waals surface area contributed by atoms with Crippen molar-refractivity contribution < 1.29 is 19.5 Å². The summed E-state index contributed by atoms with van der Waals surface area (Å²) >= 11 is 0. The Morgan fingerprint density at radius 2 is 2.18 bits per heavy atom. The van der Waals surface area contributed by atoms with Crippen molar-refractivity contribution in [2.24, 2.45) is 0 Å². The van der Waals surface area contributed by atoms with Gasteiger partial charge in [-0.2, -0.15) is 0 Å². The fraction of sp³-hybridized carbons (Fsp3) is 0.455. The first-order valence-electron chi connectivity index (χ1n) is 5.14. The molecule has 0 aliphatic carbocycles. The highest BCUT2D eigenvalue weighted by Gasteiger charge is 2.15. The lowest BCUT2D eigenvalue weighted by molar-refractivity contribution is -0.385. The minimum atomic E-state index is -0.826. The van der Waals surface area contributed by atoms with E-state index in [2.05, 4.69) is 0 Å². The average molecular weight is 241 g/mol. The van der Waals surface area contributed by atoms with Gasteiger partial charge in [0.05, 0.1) is 17.6 Å². The summed E-state index contributed by atoms with van der Waals surface area (Å²) in [6.07, 6.45) is -0.826. The number of nitro groups is 1. The summed E-state index contributed by atoms with van der Waals surface area (Å²) in [4.78, 5) is 10.1. The number of hydrogen-bond donors (Lipinski definition) is 1. The number of methoxy groups -OCH3 is 1. The minimum absolute atomic E-state index is 0.0695. The lowest BCUT2D eigenvalue weighted by atomic mass is 10.1. The predicted octanol–water partition coefficient (Wildman–Crippen LogP) is 1.67. The fourth-order valence-corrected chi connectivity index (χ4v) is 1.34. The van der Waals surface area contributed by atoms with Crippen LogP contribution in [0.3, 0.4) is 0 Å². The van der Waals surface area contributed by atoms with Crippen LogP contribution in [0.1, 0.15) is 18.6 Å². The van der Waals surface area contributed by atoms with Gasteiger partial charge in [0.25, 0.3) is 5.69 Å². The fourth-order valence-electron chi connectivity index (χ4n) is 1.34. The van der Waals surface area contributed by atoms with Crippen molar-refractivity contribution in [2.45, 2.75) is 13.0 Å². The molecule has 0 spiro atoms. The summed E-state index contributed by atoms with van der Waals surface area (Å²) in [6, 6.07) is 4.14. The lowest BCUT2D eigenvalue weighted by Crippen LogP contribution is -2.07. The quantitative estimate of drug-likeness (QED) is 0.465. The second-order valence-electron chi connectivity index (χ2n) is 3.50. The van der Waals surface area contributed by atoms with Crippen molar-refractivity contribution in [3.05, 3.63) is 33.9 Å². The van der Waals surface area contributed by atoms with E-state index in [0.717, 1.165) is 0 Å². The molecule has 1 aromatic rings. The number of hydrogen-bond acceptors (Lipinski definition) is 5. The summed E-state index contributed by atoms with van der Waals surface area (Å²) in [7, 11) is 1.55. The van der Waals surface area contributed by atoms with E-state index in [-0.39, 0.29) is 5.69 Å². The molecule has 1 atom stereocenters. The van der Waals surface area contributed by atoms with Gasteiger partial charge < -0.3 is 14.6 Å². The van der Waals surface area contributed by atoms with E-state index in [9.17, 15) is 15.2 Å². The zero-order valence-corrected chi connectivity index (χ0v) is 9.75. The molecule has 6 heteroatoms. The first-order chi connectivity index (χ1) is 8.06. The molecule has 1 rings (SSSR count). The van der Waals surface area contributed by atoms with Crippen molar-refractivity contribution in [1.82, 2.24) is 0 Å². The van der Waals surface area contributed by atoms with Gasteiger partial charge in [0, 0.05) is 24.8 Å². The molecule has 94 valence electrons. The predicted molar refractivity (Wildman–Crippen MR) is 61.1 cm³/mol. The third-order valence-electron chi connectivity index (χ3n) is 2.20. The van der Waals surface area contributed by atoms with Crippen molar-refractivity contribution >= 4 is 5.69 Å². The largest absolute Gasteiger partial charge is 0.491 e. The van der Waals surface area contributed by atoms with Gasteiger partial charge in [0.15, 0.2) is 0 Å². The maximum atomic E-state index is 10.6. The van der Waals surface area contributed by atoms with E-state index in [0.29, 0.717) is 24.5 Å². The Labute approximate surface area is 98.9 Å². The van der Waals surface area contributed by atoms with Crippen molar-refractivity contribution in [3.8, 4) is 5.75 Å². The van der Waals surface area contributed by atoms with Gasteiger partial charge in [-0.1, -0.05) is 0 Å². The molecule has 17 heavy (non-hydrogen) atoms. The lowest BCUT2D eigenvalue weighted by Gasteiger charge is -2.12. The number of rotatable bonds is 6. The zero-order chi connectivity index (χ0) is 12.8. The Bertz CT molecular complexity index is 391. The van der Waals surface area contributed by atoms with Gasteiger partial charge in [0.2, 0.25) is 0 Å². The number of non-ortho nitro benzene ring substituents is 1. The van der Waals surface area contributed by atoms with E-state index in [1.807, 2.05) is 0 Å². The molecule has 0 fully saturated rings. The highest BCUT2D eigenvalue weighted by atomic mass is 16.6. The Balaban J connectivity index is 2.92. The van der Waals surface area contributed by atoms with E-state index in [4.69, 9.17) is 9.47 Å². The summed E-state index contributed by atoms with van der Waals surface area (Å²) < 4.78 is 10.2. The Hall–Kier alpha value is -1.66. The molecule has 1 aromatic carbocycles. The summed E-state index contributed by atoms with van der Waals surface area (Å²) in [5.74, 6) is 0.433. The van der Waals surface area contributed by atoms with Crippen LogP contribution >= 0.6 is 0 Å². The molecule has 0 radical (unpaired) electrons. The number of aliphatic hydroxyl groups is 1. The molecule has 0 bridgehead atoms. The maximum absolute atomic E-state index is 10.6. The number of aliphatic hydroxyl groups excluding tert-OH is 1. The third kappa shape index (κ3) is 3.69. The standard InChI is InChI=1S/C11H15NO5/c1-8(13)10-7-9(12(14)15)3-4-11(10)17-6-5-16-2/h3-4,7-8,13H,5-6H2,1-2H3/t8-/m1/s1. The van der Waals surface area contributed by atoms with Crippen LogP contribution in [-0.4, -0.2) is 30.4 Å².